The molecule has 0 bridgehead atoms. The Morgan fingerprint density at radius 1 is 1.17 bits per heavy atom. The second-order valence-electron chi connectivity index (χ2n) is 4.54. The molecule has 0 radical (unpaired) electrons. The first kappa shape index (κ1) is 8.42. The summed E-state index contributed by atoms with van der Waals surface area (Å²) in [5, 5.41) is 3.28. The molecule has 3 heteroatoms. The van der Waals surface area contributed by atoms with Gasteiger partial charge >= 0.3 is 0 Å². The van der Waals surface area contributed by atoms with Crippen LogP contribution >= 0.6 is 0 Å². The third-order valence-corrected chi connectivity index (χ3v) is 3.17. The molecule has 2 unspecified atom stereocenters. The fourth-order valence-electron chi connectivity index (χ4n) is 2.68. The molecule has 1 nitrogen and oxygen atoms in total. The van der Waals surface area contributed by atoms with Crippen LogP contribution in [0.5, 0.6) is 0 Å². The van der Waals surface area contributed by atoms with E-state index in [1.807, 2.05) is 13.8 Å². The Labute approximate surface area is 71.5 Å². The SMILES string of the molecule is CC1CC2(CC(C)N1)CC2(F)F. The van der Waals surface area contributed by atoms with Gasteiger partial charge in [-0.25, -0.2) is 8.78 Å². The first-order valence-electron chi connectivity index (χ1n) is 4.59. The van der Waals surface area contributed by atoms with E-state index in [4.69, 9.17) is 0 Å². The van der Waals surface area contributed by atoms with Crippen molar-refractivity contribution in [2.45, 2.75) is 51.1 Å². The van der Waals surface area contributed by atoms with Gasteiger partial charge in [0.05, 0.1) is 0 Å². The first-order chi connectivity index (χ1) is 5.45. The van der Waals surface area contributed by atoms with Crippen molar-refractivity contribution in [1.82, 2.24) is 5.32 Å². The van der Waals surface area contributed by atoms with Gasteiger partial charge in [0, 0.05) is 23.9 Å². The minimum absolute atomic E-state index is 0.121. The van der Waals surface area contributed by atoms with E-state index in [2.05, 4.69) is 5.32 Å². The van der Waals surface area contributed by atoms with E-state index in [9.17, 15) is 8.78 Å². The second-order valence-corrected chi connectivity index (χ2v) is 4.54. The maximum atomic E-state index is 13.0. The molecular weight excluding hydrogens is 160 g/mol. The normalized spacial score (nSPS) is 51.0. The third-order valence-electron chi connectivity index (χ3n) is 3.17. The highest BCUT2D eigenvalue weighted by atomic mass is 19.3. The van der Waals surface area contributed by atoms with Crippen LogP contribution in [-0.2, 0) is 0 Å². The summed E-state index contributed by atoms with van der Waals surface area (Å²) in [6.45, 7) is 3.98. The molecule has 1 N–H and O–H groups in total. The summed E-state index contributed by atoms with van der Waals surface area (Å²) in [5.74, 6) is -2.36. The van der Waals surface area contributed by atoms with Gasteiger partial charge in [0.15, 0.2) is 0 Å². The van der Waals surface area contributed by atoms with Gasteiger partial charge in [0.1, 0.15) is 0 Å². The standard InChI is InChI=1S/C9H15F2N/c1-6-3-8(4-7(2)12-6)5-9(8,10)11/h6-7,12H,3-5H2,1-2H3. The molecule has 1 heterocycles. The summed E-state index contributed by atoms with van der Waals surface area (Å²) >= 11 is 0. The van der Waals surface area contributed by atoms with Gasteiger partial charge < -0.3 is 5.32 Å². The number of hydrogen-bond acceptors (Lipinski definition) is 1. The lowest BCUT2D eigenvalue weighted by molar-refractivity contribution is 0.0372. The van der Waals surface area contributed by atoms with Crippen molar-refractivity contribution in [3.05, 3.63) is 0 Å². The van der Waals surface area contributed by atoms with Crippen LogP contribution in [0.2, 0.25) is 0 Å². The fraction of sp³-hybridized carbons (Fsp3) is 1.00. The summed E-state index contributed by atoms with van der Waals surface area (Å²) < 4.78 is 26.0. The van der Waals surface area contributed by atoms with Crippen LogP contribution in [0.3, 0.4) is 0 Å². The maximum absolute atomic E-state index is 13.0. The van der Waals surface area contributed by atoms with E-state index in [-0.39, 0.29) is 18.5 Å². The number of nitrogens with one attached hydrogen (secondary N) is 1. The minimum atomic E-state index is -2.36. The molecule has 0 aromatic rings. The highest BCUT2D eigenvalue weighted by Crippen LogP contribution is 2.66. The van der Waals surface area contributed by atoms with Crippen molar-refractivity contribution in [2.24, 2.45) is 5.41 Å². The molecule has 2 atom stereocenters. The van der Waals surface area contributed by atoms with Crippen molar-refractivity contribution >= 4 is 0 Å². The van der Waals surface area contributed by atoms with E-state index in [0.717, 1.165) is 0 Å². The molecule has 2 fully saturated rings. The summed E-state index contributed by atoms with van der Waals surface area (Å²) in [4.78, 5) is 0. The topological polar surface area (TPSA) is 12.0 Å². The Hall–Kier alpha value is -0.180. The number of piperidine rings is 1. The maximum Gasteiger partial charge on any atom is 0.254 e. The average molecular weight is 175 g/mol. The molecular formula is C9H15F2N. The van der Waals surface area contributed by atoms with Gasteiger partial charge in [-0.1, -0.05) is 0 Å². The molecule has 0 aromatic heterocycles. The molecule has 0 aromatic carbocycles. The molecule has 2 rings (SSSR count). The smallest absolute Gasteiger partial charge is 0.254 e. The zero-order valence-electron chi connectivity index (χ0n) is 7.53. The summed E-state index contributed by atoms with van der Waals surface area (Å²) in [6.07, 6.45) is 1.41. The predicted octanol–water partition coefficient (Wildman–Crippen LogP) is 2.17. The lowest BCUT2D eigenvalue weighted by Gasteiger charge is -2.33. The summed E-state index contributed by atoms with van der Waals surface area (Å²) in [6, 6.07) is 0.504. The van der Waals surface area contributed by atoms with Gasteiger partial charge in [-0.3, -0.25) is 0 Å². The molecule has 1 spiro atoms. The number of hydrogen-bond donors (Lipinski definition) is 1. The average Bonchev–Trinajstić information content (AvgIpc) is 2.27. The highest BCUT2D eigenvalue weighted by molar-refractivity contribution is 5.14. The predicted molar refractivity (Wildman–Crippen MR) is 43.3 cm³/mol. The zero-order valence-corrected chi connectivity index (χ0v) is 7.53. The monoisotopic (exact) mass is 175 g/mol. The van der Waals surface area contributed by atoms with Crippen molar-refractivity contribution < 1.29 is 8.78 Å². The zero-order chi connectivity index (χ0) is 8.98. The van der Waals surface area contributed by atoms with Crippen LogP contribution in [0.1, 0.15) is 33.1 Å². The van der Waals surface area contributed by atoms with E-state index in [0.29, 0.717) is 12.8 Å². The van der Waals surface area contributed by atoms with E-state index in [1.165, 1.54) is 0 Å². The third kappa shape index (κ3) is 1.06. The summed E-state index contributed by atoms with van der Waals surface area (Å²) in [5.41, 5.74) is -0.628. The van der Waals surface area contributed by atoms with Gasteiger partial charge in [-0.15, -0.1) is 0 Å². The Kier molecular flexibility index (Phi) is 1.54. The first-order valence-corrected chi connectivity index (χ1v) is 4.59. The van der Waals surface area contributed by atoms with Crippen LogP contribution in [-0.4, -0.2) is 18.0 Å². The van der Waals surface area contributed by atoms with Gasteiger partial charge in [0.2, 0.25) is 0 Å². The molecule has 1 saturated carbocycles. The van der Waals surface area contributed by atoms with Crippen LogP contribution in [0, 0.1) is 5.41 Å². The van der Waals surface area contributed by atoms with Crippen LogP contribution in [0.15, 0.2) is 0 Å². The summed E-state index contributed by atoms with van der Waals surface area (Å²) in [7, 11) is 0. The van der Waals surface area contributed by atoms with E-state index < -0.39 is 11.3 Å². The molecule has 1 aliphatic carbocycles. The Morgan fingerprint density at radius 3 is 1.92 bits per heavy atom. The van der Waals surface area contributed by atoms with E-state index >= 15 is 0 Å². The van der Waals surface area contributed by atoms with Crippen LogP contribution in [0.25, 0.3) is 0 Å². The van der Waals surface area contributed by atoms with Gasteiger partial charge in [-0.05, 0) is 26.7 Å². The quantitative estimate of drug-likeness (QED) is 0.595. The van der Waals surface area contributed by atoms with Gasteiger partial charge in [-0.2, -0.15) is 0 Å². The van der Waals surface area contributed by atoms with Crippen molar-refractivity contribution in [3.63, 3.8) is 0 Å². The molecule has 2 aliphatic rings. The van der Waals surface area contributed by atoms with Crippen LogP contribution < -0.4 is 5.32 Å². The van der Waals surface area contributed by atoms with Crippen molar-refractivity contribution in [1.29, 1.82) is 0 Å². The highest BCUT2D eigenvalue weighted by Gasteiger charge is 2.71. The Morgan fingerprint density at radius 2 is 1.58 bits per heavy atom. The lowest BCUT2D eigenvalue weighted by atomic mass is 9.85. The Balaban J connectivity index is 2.09. The molecule has 1 aliphatic heterocycles. The second kappa shape index (κ2) is 2.19. The largest absolute Gasteiger partial charge is 0.312 e. The van der Waals surface area contributed by atoms with Gasteiger partial charge in [0.25, 0.3) is 5.92 Å². The molecule has 12 heavy (non-hydrogen) atoms. The van der Waals surface area contributed by atoms with Crippen molar-refractivity contribution in [3.8, 4) is 0 Å². The fourth-order valence-corrected chi connectivity index (χ4v) is 2.68. The number of halogens is 2. The number of alkyl halides is 2. The Bertz CT molecular complexity index is 193. The van der Waals surface area contributed by atoms with Crippen molar-refractivity contribution in [2.75, 3.05) is 0 Å². The lowest BCUT2D eigenvalue weighted by Crippen LogP contribution is -2.44. The van der Waals surface area contributed by atoms with E-state index in [1.54, 1.807) is 0 Å². The molecule has 0 amide bonds. The molecule has 1 saturated heterocycles. The minimum Gasteiger partial charge on any atom is -0.312 e. The number of rotatable bonds is 0. The van der Waals surface area contributed by atoms with Crippen LogP contribution in [0.4, 0.5) is 8.78 Å². The molecule has 70 valence electrons.